The Kier molecular flexibility index (Phi) is 9.85. The Morgan fingerprint density at radius 2 is 1.00 bits per heavy atom. The lowest BCUT2D eigenvalue weighted by atomic mass is 10.4. The van der Waals surface area contributed by atoms with Crippen LogP contribution < -0.4 is 0 Å². The van der Waals surface area contributed by atoms with Crippen LogP contribution in [0.5, 0.6) is 0 Å². The summed E-state index contributed by atoms with van der Waals surface area (Å²) >= 11 is 0. The molecule has 0 aliphatic rings. The highest BCUT2D eigenvalue weighted by molar-refractivity contribution is 4.40. The Balaban J connectivity index is 0. The number of hydrogen-bond donors (Lipinski definition) is 1. The van der Waals surface area contributed by atoms with Crippen LogP contribution in [-0.4, -0.2) is 23.4 Å². The van der Waals surface area contributed by atoms with Gasteiger partial charge in [0.2, 0.25) is 0 Å². The molecule has 0 amide bonds. The Morgan fingerprint density at radius 3 is 1.00 bits per heavy atom. The average molecular weight is 162 g/mol. The van der Waals surface area contributed by atoms with Gasteiger partial charge in [0.1, 0.15) is 0 Å². The maximum absolute atomic E-state index is 8.06. The van der Waals surface area contributed by atoms with Gasteiger partial charge in [-0.2, -0.15) is 0 Å². The van der Waals surface area contributed by atoms with Crippen LogP contribution in [-0.2, 0) is 4.74 Å². The van der Waals surface area contributed by atoms with E-state index in [4.69, 9.17) is 9.84 Å². The van der Waals surface area contributed by atoms with Crippen molar-refractivity contribution in [1.29, 1.82) is 0 Å². The van der Waals surface area contributed by atoms with Crippen LogP contribution >= 0.6 is 0 Å². The molecule has 0 spiro atoms. The summed E-state index contributed by atoms with van der Waals surface area (Å²) < 4.78 is 5.25. The molecule has 70 valence electrons. The Morgan fingerprint density at radius 1 is 0.818 bits per heavy atom. The van der Waals surface area contributed by atoms with Crippen LogP contribution in [0.25, 0.3) is 0 Å². The van der Waals surface area contributed by atoms with Crippen molar-refractivity contribution >= 4 is 0 Å². The molecule has 0 saturated heterocycles. The first kappa shape index (κ1) is 13.5. The van der Waals surface area contributed by atoms with E-state index < -0.39 is 0 Å². The van der Waals surface area contributed by atoms with Crippen LogP contribution in [0.3, 0.4) is 0 Å². The highest BCUT2D eigenvalue weighted by atomic mass is 16.5. The predicted octanol–water partition coefficient (Wildman–Crippen LogP) is 2.21. The zero-order chi connectivity index (χ0) is 9.44. The molecule has 0 atom stereocenters. The van der Waals surface area contributed by atoms with Gasteiger partial charge in [0, 0.05) is 6.10 Å². The van der Waals surface area contributed by atoms with Gasteiger partial charge in [0.25, 0.3) is 0 Å². The van der Waals surface area contributed by atoms with Crippen molar-refractivity contribution in [2.75, 3.05) is 0 Å². The SMILES string of the molecule is CC(C)O.CC(C)OC(C)C. The summed E-state index contributed by atoms with van der Waals surface area (Å²) in [7, 11) is 0. The molecule has 11 heavy (non-hydrogen) atoms. The molecule has 0 aromatic carbocycles. The van der Waals surface area contributed by atoms with Gasteiger partial charge in [-0.1, -0.05) is 0 Å². The highest BCUT2D eigenvalue weighted by Gasteiger charge is 1.94. The van der Waals surface area contributed by atoms with E-state index in [1.807, 2.05) is 27.7 Å². The maximum atomic E-state index is 8.06. The molecule has 0 aliphatic heterocycles. The van der Waals surface area contributed by atoms with Crippen LogP contribution in [0, 0.1) is 0 Å². The molecular weight excluding hydrogens is 140 g/mol. The highest BCUT2D eigenvalue weighted by Crippen LogP contribution is 1.93. The molecule has 0 heterocycles. The number of rotatable bonds is 2. The van der Waals surface area contributed by atoms with E-state index in [-0.39, 0.29) is 6.10 Å². The molecule has 0 radical (unpaired) electrons. The fourth-order valence-corrected chi connectivity index (χ4v) is 0.544. The zero-order valence-corrected chi connectivity index (χ0v) is 8.59. The van der Waals surface area contributed by atoms with Crippen molar-refractivity contribution in [2.24, 2.45) is 0 Å². The second-order valence-corrected chi connectivity index (χ2v) is 3.33. The molecule has 2 nitrogen and oxygen atoms in total. The quantitative estimate of drug-likeness (QED) is 0.674. The molecule has 0 aromatic heterocycles. The molecule has 0 fully saturated rings. The van der Waals surface area contributed by atoms with Crippen molar-refractivity contribution in [3.8, 4) is 0 Å². The van der Waals surface area contributed by atoms with Crippen LogP contribution in [0.15, 0.2) is 0 Å². The summed E-state index contributed by atoms with van der Waals surface area (Å²) in [6.07, 6.45) is 0.583. The van der Waals surface area contributed by atoms with Gasteiger partial charge in [-0.25, -0.2) is 0 Å². The van der Waals surface area contributed by atoms with Gasteiger partial charge >= 0.3 is 0 Å². The predicted molar refractivity (Wildman–Crippen MR) is 48.7 cm³/mol. The molecule has 1 N–H and O–H groups in total. The summed E-state index contributed by atoms with van der Waals surface area (Å²) in [6, 6.07) is 0. The topological polar surface area (TPSA) is 29.5 Å². The third-order valence-corrected chi connectivity index (χ3v) is 0.544. The summed E-state index contributed by atoms with van der Waals surface area (Å²) in [5.74, 6) is 0. The minimum Gasteiger partial charge on any atom is -0.394 e. The van der Waals surface area contributed by atoms with Crippen molar-refractivity contribution in [2.45, 2.75) is 59.9 Å². The van der Waals surface area contributed by atoms with Gasteiger partial charge < -0.3 is 9.84 Å². The number of hydrogen-bond acceptors (Lipinski definition) is 2. The van der Waals surface area contributed by atoms with Crippen LogP contribution in [0.1, 0.15) is 41.5 Å². The van der Waals surface area contributed by atoms with Gasteiger partial charge in [0.15, 0.2) is 0 Å². The molecule has 0 aromatic rings. The minimum absolute atomic E-state index is 0.167. The van der Waals surface area contributed by atoms with E-state index >= 15 is 0 Å². The summed E-state index contributed by atoms with van der Waals surface area (Å²) in [4.78, 5) is 0. The normalized spacial score (nSPS) is 10.4. The average Bonchev–Trinajstić information content (AvgIpc) is 1.56. The molecule has 0 aliphatic carbocycles. The number of aliphatic hydroxyl groups excluding tert-OH is 1. The van der Waals surface area contributed by atoms with Gasteiger partial charge in [-0.05, 0) is 41.5 Å². The summed E-state index contributed by atoms with van der Waals surface area (Å²) in [6.45, 7) is 11.6. The second kappa shape index (κ2) is 8.02. The molecule has 2 heteroatoms. The Hall–Kier alpha value is -0.0800. The van der Waals surface area contributed by atoms with Crippen molar-refractivity contribution in [3.63, 3.8) is 0 Å². The van der Waals surface area contributed by atoms with Crippen LogP contribution in [0.2, 0.25) is 0 Å². The van der Waals surface area contributed by atoms with Gasteiger partial charge in [-0.3, -0.25) is 0 Å². The van der Waals surface area contributed by atoms with E-state index in [1.54, 1.807) is 13.8 Å². The van der Waals surface area contributed by atoms with E-state index in [1.165, 1.54) is 0 Å². The molecule has 0 bridgehead atoms. The van der Waals surface area contributed by atoms with Crippen molar-refractivity contribution in [3.05, 3.63) is 0 Å². The lowest BCUT2D eigenvalue weighted by Gasteiger charge is -2.09. The van der Waals surface area contributed by atoms with Crippen LogP contribution in [0.4, 0.5) is 0 Å². The zero-order valence-electron chi connectivity index (χ0n) is 8.59. The first-order valence-electron chi connectivity index (χ1n) is 4.19. The fraction of sp³-hybridized carbons (Fsp3) is 1.00. The number of ether oxygens (including phenoxy) is 1. The van der Waals surface area contributed by atoms with Crippen molar-refractivity contribution < 1.29 is 9.84 Å². The standard InChI is InChI=1S/C6H14O.C3H8O/c1-5(2)7-6(3)4;1-3(2)4/h5-6H,1-4H3;3-4H,1-2H3. The monoisotopic (exact) mass is 162 g/mol. The first-order valence-corrected chi connectivity index (χ1v) is 4.19. The van der Waals surface area contributed by atoms with E-state index in [2.05, 4.69) is 0 Å². The lowest BCUT2D eigenvalue weighted by Crippen LogP contribution is -2.09. The molecule has 0 unspecified atom stereocenters. The first-order chi connectivity index (χ1) is 4.86. The third-order valence-electron chi connectivity index (χ3n) is 0.544. The largest absolute Gasteiger partial charge is 0.394 e. The van der Waals surface area contributed by atoms with Gasteiger partial charge in [0.05, 0.1) is 12.2 Å². The molecule has 0 rings (SSSR count). The second-order valence-electron chi connectivity index (χ2n) is 3.33. The third kappa shape index (κ3) is 40.5. The van der Waals surface area contributed by atoms with E-state index in [0.717, 1.165) is 0 Å². The minimum atomic E-state index is -0.167. The van der Waals surface area contributed by atoms with E-state index in [9.17, 15) is 0 Å². The van der Waals surface area contributed by atoms with E-state index in [0.29, 0.717) is 12.2 Å². The lowest BCUT2D eigenvalue weighted by molar-refractivity contribution is 0.0300. The molecule has 0 saturated carbocycles. The summed E-state index contributed by atoms with van der Waals surface area (Å²) in [5, 5.41) is 8.06. The maximum Gasteiger partial charge on any atom is 0.0522 e. The molecular formula is C9H22O2. The smallest absolute Gasteiger partial charge is 0.0522 e. The van der Waals surface area contributed by atoms with Gasteiger partial charge in [-0.15, -0.1) is 0 Å². The fourth-order valence-electron chi connectivity index (χ4n) is 0.544. The number of aliphatic hydroxyl groups is 1. The van der Waals surface area contributed by atoms with Crippen molar-refractivity contribution in [1.82, 2.24) is 0 Å². The Bertz CT molecular complexity index is 59.2. The Labute approximate surface area is 70.6 Å². The summed E-state index contributed by atoms with van der Waals surface area (Å²) in [5.41, 5.74) is 0.